The van der Waals surface area contributed by atoms with Crippen LogP contribution in [0.4, 0.5) is 5.82 Å². The van der Waals surface area contributed by atoms with Crippen molar-refractivity contribution in [3.8, 4) is 17.1 Å². The van der Waals surface area contributed by atoms with Crippen molar-refractivity contribution in [3.05, 3.63) is 36.5 Å². The van der Waals surface area contributed by atoms with Crippen molar-refractivity contribution in [3.63, 3.8) is 0 Å². The summed E-state index contributed by atoms with van der Waals surface area (Å²) in [7, 11) is 4.74. The number of esters is 1. The Morgan fingerprint density at radius 1 is 1.29 bits per heavy atom. The first kappa shape index (κ1) is 14.8. The summed E-state index contributed by atoms with van der Waals surface area (Å²) in [5, 5.41) is 0. The van der Waals surface area contributed by atoms with E-state index in [9.17, 15) is 4.79 Å². The molecule has 0 amide bonds. The number of carbonyl (C=O) groups is 1. The SMILES string of the molecule is COC(=O)CN(C)c1ccnc(-c2cccc(OC)c2)n1. The lowest BCUT2D eigenvalue weighted by molar-refractivity contribution is -0.138. The van der Waals surface area contributed by atoms with Crippen LogP contribution in [0.3, 0.4) is 0 Å². The summed E-state index contributed by atoms with van der Waals surface area (Å²) in [5.41, 5.74) is 0.850. The number of hydrogen-bond donors (Lipinski definition) is 0. The molecule has 2 aromatic rings. The summed E-state index contributed by atoms with van der Waals surface area (Å²) in [6, 6.07) is 9.24. The lowest BCUT2D eigenvalue weighted by atomic mass is 10.2. The summed E-state index contributed by atoms with van der Waals surface area (Å²) in [4.78, 5) is 21.7. The van der Waals surface area contributed by atoms with Crippen molar-refractivity contribution in [2.75, 3.05) is 32.7 Å². The van der Waals surface area contributed by atoms with Gasteiger partial charge < -0.3 is 14.4 Å². The maximum Gasteiger partial charge on any atom is 0.325 e. The zero-order valence-electron chi connectivity index (χ0n) is 12.2. The smallest absolute Gasteiger partial charge is 0.325 e. The van der Waals surface area contributed by atoms with Crippen LogP contribution in [0.5, 0.6) is 5.75 Å². The van der Waals surface area contributed by atoms with Crippen LogP contribution in [-0.4, -0.2) is 43.7 Å². The fourth-order valence-corrected chi connectivity index (χ4v) is 1.80. The van der Waals surface area contributed by atoms with Crippen molar-refractivity contribution in [1.82, 2.24) is 9.97 Å². The molecule has 0 spiro atoms. The zero-order chi connectivity index (χ0) is 15.2. The summed E-state index contributed by atoms with van der Waals surface area (Å²) in [6.45, 7) is 0.130. The van der Waals surface area contributed by atoms with E-state index in [0.29, 0.717) is 11.6 Å². The third-order valence-electron chi connectivity index (χ3n) is 2.95. The first-order valence-corrected chi connectivity index (χ1v) is 6.39. The van der Waals surface area contributed by atoms with Gasteiger partial charge in [-0.05, 0) is 18.2 Å². The van der Waals surface area contributed by atoms with Crippen LogP contribution in [0, 0.1) is 0 Å². The highest BCUT2D eigenvalue weighted by Crippen LogP contribution is 2.22. The Hall–Kier alpha value is -2.63. The van der Waals surface area contributed by atoms with Crippen LogP contribution in [0.2, 0.25) is 0 Å². The van der Waals surface area contributed by atoms with E-state index in [1.54, 1.807) is 31.3 Å². The Morgan fingerprint density at radius 3 is 2.81 bits per heavy atom. The molecule has 6 heteroatoms. The minimum Gasteiger partial charge on any atom is -0.497 e. The van der Waals surface area contributed by atoms with Gasteiger partial charge >= 0.3 is 5.97 Å². The average Bonchev–Trinajstić information content (AvgIpc) is 2.54. The van der Waals surface area contributed by atoms with Gasteiger partial charge in [-0.25, -0.2) is 9.97 Å². The number of benzene rings is 1. The van der Waals surface area contributed by atoms with Crippen LogP contribution in [-0.2, 0) is 9.53 Å². The largest absolute Gasteiger partial charge is 0.497 e. The Balaban J connectivity index is 2.26. The molecule has 0 bridgehead atoms. The van der Waals surface area contributed by atoms with Gasteiger partial charge in [-0.15, -0.1) is 0 Å². The third-order valence-corrected chi connectivity index (χ3v) is 2.95. The van der Waals surface area contributed by atoms with Gasteiger partial charge in [-0.1, -0.05) is 12.1 Å². The Morgan fingerprint density at radius 2 is 2.10 bits per heavy atom. The van der Waals surface area contributed by atoms with E-state index in [2.05, 4.69) is 14.7 Å². The Labute approximate surface area is 123 Å². The number of rotatable bonds is 5. The highest BCUT2D eigenvalue weighted by Gasteiger charge is 2.10. The van der Waals surface area contributed by atoms with E-state index in [-0.39, 0.29) is 12.5 Å². The monoisotopic (exact) mass is 287 g/mol. The summed E-state index contributed by atoms with van der Waals surface area (Å²) < 4.78 is 9.84. The van der Waals surface area contributed by atoms with Crippen LogP contribution in [0.15, 0.2) is 36.5 Å². The van der Waals surface area contributed by atoms with Gasteiger partial charge in [0.15, 0.2) is 5.82 Å². The molecule has 0 unspecified atom stereocenters. The van der Waals surface area contributed by atoms with E-state index >= 15 is 0 Å². The molecule has 0 saturated carbocycles. The topological polar surface area (TPSA) is 64.5 Å². The summed E-state index contributed by atoms with van der Waals surface area (Å²) >= 11 is 0. The standard InChI is InChI=1S/C15H17N3O3/c1-18(10-14(19)21-3)13-7-8-16-15(17-13)11-5-4-6-12(9-11)20-2/h4-9H,10H2,1-3H3. The Kier molecular flexibility index (Phi) is 4.71. The predicted octanol–water partition coefficient (Wildman–Crippen LogP) is 1.76. The molecule has 0 fully saturated rings. The molecule has 2 rings (SSSR count). The number of aromatic nitrogens is 2. The molecule has 0 saturated heterocycles. The molecule has 0 radical (unpaired) electrons. The Bertz CT molecular complexity index is 631. The van der Waals surface area contributed by atoms with Crippen LogP contribution in [0.1, 0.15) is 0 Å². The number of anilines is 1. The lowest BCUT2D eigenvalue weighted by Crippen LogP contribution is -2.27. The van der Waals surface area contributed by atoms with Gasteiger partial charge in [-0.3, -0.25) is 4.79 Å². The molecular weight excluding hydrogens is 270 g/mol. The predicted molar refractivity (Wildman–Crippen MR) is 79.3 cm³/mol. The van der Waals surface area contributed by atoms with Gasteiger partial charge in [0.25, 0.3) is 0 Å². The van der Waals surface area contributed by atoms with E-state index in [1.807, 2.05) is 24.3 Å². The zero-order valence-corrected chi connectivity index (χ0v) is 12.2. The number of methoxy groups -OCH3 is 2. The van der Waals surface area contributed by atoms with E-state index in [4.69, 9.17) is 4.74 Å². The van der Waals surface area contributed by atoms with Crippen LogP contribution >= 0.6 is 0 Å². The van der Waals surface area contributed by atoms with Gasteiger partial charge in [0.1, 0.15) is 18.1 Å². The van der Waals surface area contributed by atoms with Gasteiger partial charge in [-0.2, -0.15) is 0 Å². The van der Waals surface area contributed by atoms with Crippen molar-refractivity contribution >= 4 is 11.8 Å². The maximum atomic E-state index is 11.3. The maximum absolute atomic E-state index is 11.3. The molecule has 0 N–H and O–H groups in total. The molecule has 1 aromatic carbocycles. The molecule has 0 aliphatic heterocycles. The van der Waals surface area contributed by atoms with E-state index < -0.39 is 0 Å². The number of carbonyl (C=O) groups excluding carboxylic acids is 1. The second-order valence-electron chi connectivity index (χ2n) is 4.40. The first-order valence-electron chi connectivity index (χ1n) is 6.39. The minimum absolute atomic E-state index is 0.130. The van der Waals surface area contributed by atoms with Crippen molar-refractivity contribution in [2.45, 2.75) is 0 Å². The van der Waals surface area contributed by atoms with Crippen LogP contribution < -0.4 is 9.64 Å². The molecule has 110 valence electrons. The lowest BCUT2D eigenvalue weighted by Gasteiger charge is -2.16. The first-order chi connectivity index (χ1) is 10.1. The highest BCUT2D eigenvalue weighted by molar-refractivity contribution is 5.75. The molecule has 1 heterocycles. The molecular formula is C15H17N3O3. The van der Waals surface area contributed by atoms with E-state index in [1.165, 1.54) is 7.11 Å². The second-order valence-corrected chi connectivity index (χ2v) is 4.40. The van der Waals surface area contributed by atoms with Crippen LogP contribution in [0.25, 0.3) is 11.4 Å². The van der Waals surface area contributed by atoms with Gasteiger partial charge in [0.2, 0.25) is 0 Å². The van der Waals surface area contributed by atoms with Crippen molar-refractivity contribution < 1.29 is 14.3 Å². The van der Waals surface area contributed by atoms with Gasteiger partial charge in [0.05, 0.1) is 14.2 Å². The highest BCUT2D eigenvalue weighted by atomic mass is 16.5. The quantitative estimate of drug-likeness (QED) is 0.781. The minimum atomic E-state index is -0.320. The third kappa shape index (κ3) is 3.68. The molecule has 6 nitrogen and oxygen atoms in total. The van der Waals surface area contributed by atoms with Gasteiger partial charge in [0, 0.05) is 18.8 Å². The molecule has 1 aromatic heterocycles. The molecule has 21 heavy (non-hydrogen) atoms. The molecule has 0 atom stereocenters. The van der Waals surface area contributed by atoms with Crippen molar-refractivity contribution in [1.29, 1.82) is 0 Å². The second kappa shape index (κ2) is 6.69. The number of hydrogen-bond acceptors (Lipinski definition) is 6. The average molecular weight is 287 g/mol. The fraction of sp³-hybridized carbons (Fsp3) is 0.267. The number of ether oxygens (including phenoxy) is 2. The van der Waals surface area contributed by atoms with E-state index in [0.717, 1.165) is 11.3 Å². The normalized spacial score (nSPS) is 10.0. The van der Waals surface area contributed by atoms with Crippen molar-refractivity contribution in [2.24, 2.45) is 0 Å². The fourth-order valence-electron chi connectivity index (χ4n) is 1.80. The number of likely N-dealkylation sites (N-methyl/N-ethyl adjacent to an activating group) is 1. The number of nitrogens with zero attached hydrogens (tertiary/aromatic N) is 3. The molecule has 0 aliphatic rings. The molecule has 0 aliphatic carbocycles. The summed E-state index contributed by atoms with van der Waals surface area (Å²) in [6.07, 6.45) is 1.66. The summed E-state index contributed by atoms with van der Waals surface area (Å²) in [5.74, 6) is 1.64.